The molecule has 0 bridgehead atoms. The Hall–Kier alpha value is -2.46. The van der Waals surface area contributed by atoms with Crippen LogP contribution in [0.1, 0.15) is 25.3 Å². The van der Waals surface area contributed by atoms with E-state index in [1.165, 1.54) is 6.08 Å². The summed E-state index contributed by atoms with van der Waals surface area (Å²) in [6.45, 7) is 2.85. The Balaban J connectivity index is 1.90. The number of methoxy groups -OCH3 is 1. The van der Waals surface area contributed by atoms with Gasteiger partial charge in [0, 0.05) is 11.8 Å². The lowest BCUT2D eigenvalue weighted by molar-refractivity contribution is -0.111. The summed E-state index contributed by atoms with van der Waals surface area (Å²) in [4.78, 5) is 12.0. The zero-order chi connectivity index (χ0) is 18.1. The van der Waals surface area contributed by atoms with Crippen molar-refractivity contribution in [3.8, 4) is 11.5 Å². The van der Waals surface area contributed by atoms with Gasteiger partial charge < -0.3 is 14.8 Å². The summed E-state index contributed by atoms with van der Waals surface area (Å²) in [5.74, 6) is 1.17. The lowest BCUT2D eigenvalue weighted by atomic mass is 10.2. The summed E-state index contributed by atoms with van der Waals surface area (Å²) in [6.07, 6.45) is 5.37. The average molecular weight is 360 g/mol. The molecule has 4 nitrogen and oxygen atoms in total. The number of benzene rings is 2. The van der Waals surface area contributed by atoms with Crippen molar-refractivity contribution in [2.45, 2.75) is 19.8 Å². The van der Waals surface area contributed by atoms with Gasteiger partial charge in [-0.2, -0.15) is 0 Å². The van der Waals surface area contributed by atoms with E-state index in [1.807, 2.05) is 24.3 Å². The maximum absolute atomic E-state index is 12.0. The van der Waals surface area contributed by atoms with Crippen molar-refractivity contribution in [2.75, 3.05) is 19.0 Å². The van der Waals surface area contributed by atoms with Crippen LogP contribution in [0, 0.1) is 0 Å². The molecule has 1 amide bonds. The van der Waals surface area contributed by atoms with Gasteiger partial charge in [0.05, 0.1) is 18.7 Å². The molecule has 0 atom stereocenters. The predicted octanol–water partition coefficient (Wildman–Crippen LogP) is 5.18. The third-order valence-electron chi connectivity index (χ3n) is 3.49. The van der Waals surface area contributed by atoms with Crippen molar-refractivity contribution in [3.63, 3.8) is 0 Å². The molecule has 0 saturated carbocycles. The molecule has 132 valence electrons. The van der Waals surface area contributed by atoms with Gasteiger partial charge in [-0.05, 0) is 48.4 Å². The first-order valence-electron chi connectivity index (χ1n) is 8.18. The summed E-state index contributed by atoms with van der Waals surface area (Å²) in [6, 6.07) is 12.7. The number of unbranched alkanes of at least 4 members (excludes halogenated alkanes) is 1. The first-order chi connectivity index (χ1) is 12.1. The zero-order valence-corrected chi connectivity index (χ0v) is 15.2. The second kappa shape index (κ2) is 9.74. The monoisotopic (exact) mass is 359 g/mol. The molecular formula is C20H22ClNO3. The molecule has 0 unspecified atom stereocenters. The summed E-state index contributed by atoms with van der Waals surface area (Å²) in [5, 5.41) is 3.21. The summed E-state index contributed by atoms with van der Waals surface area (Å²) >= 11 is 6.04. The number of hydrogen-bond donors (Lipinski definition) is 1. The third-order valence-corrected chi connectivity index (χ3v) is 3.79. The molecule has 0 aromatic heterocycles. The Kier molecular flexibility index (Phi) is 7.36. The number of nitrogens with one attached hydrogen (secondary N) is 1. The van der Waals surface area contributed by atoms with Crippen LogP contribution in [0.3, 0.4) is 0 Å². The van der Waals surface area contributed by atoms with Gasteiger partial charge in [0.25, 0.3) is 0 Å². The molecular weight excluding hydrogens is 338 g/mol. The Labute approximate surface area is 153 Å². The van der Waals surface area contributed by atoms with Gasteiger partial charge in [-0.1, -0.05) is 37.1 Å². The number of amides is 1. The lowest BCUT2D eigenvalue weighted by Gasteiger charge is -2.06. The highest BCUT2D eigenvalue weighted by atomic mass is 35.5. The first kappa shape index (κ1) is 18.9. The molecule has 5 heteroatoms. The molecule has 0 heterocycles. The Morgan fingerprint density at radius 1 is 1.20 bits per heavy atom. The van der Waals surface area contributed by atoms with Gasteiger partial charge in [-0.25, -0.2) is 0 Å². The number of carbonyl (C=O) groups excluding carboxylic acids is 1. The van der Waals surface area contributed by atoms with Crippen molar-refractivity contribution < 1.29 is 14.3 Å². The highest BCUT2D eigenvalue weighted by Gasteiger charge is 2.03. The fraction of sp³-hybridized carbons (Fsp3) is 0.250. The second-order valence-corrected chi connectivity index (χ2v) is 5.85. The molecule has 0 radical (unpaired) electrons. The molecule has 1 N–H and O–H groups in total. The Morgan fingerprint density at radius 2 is 1.96 bits per heavy atom. The van der Waals surface area contributed by atoms with Crippen LogP contribution in [0.5, 0.6) is 11.5 Å². The molecule has 2 aromatic rings. The highest BCUT2D eigenvalue weighted by Crippen LogP contribution is 2.27. The lowest BCUT2D eigenvalue weighted by Crippen LogP contribution is -2.07. The largest absolute Gasteiger partial charge is 0.495 e. The van der Waals surface area contributed by atoms with E-state index in [0.717, 1.165) is 30.8 Å². The minimum atomic E-state index is -0.232. The van der Waals surface area contributed by atoms with Gasteiger partial charge in [0.2, 0.25) is 5.91 Å². The van der Waals surface area contributed by atoms with Gasteiger partial charge >= 0.3 is 0 Å². The van der Waals surface area contributed by atoms with Crippen LogP contribution in [0.4, 0.5) is 5.69 Å². The van der Waals surface area contributed by atoms with Crippen molar-refractivity contribution in [3.05, 3.63) is 59.1 Å². The molecule has 2 aromatic carbocycles. The minimum Gasteiger partial charge on any atom is -0.495 e. The number of carbonyl (C=O) groups is 1. The summed E-state index contributed by atoms with van der Waals surface area (Å²) < 4.78 is 10.7. The maximum Gasteiger partial charge on any atom is 0.248 e. The van der Waals surface area contributed by atoms with E-state index < -0.39 is 0 Å². The third kappa shape index (κ3) is 6.16. The van der Waals surface area contributed by atoms with Crippen LogP contribution >= 0.6 is 11.6 Å². The van der Waals surface area contributed by atoms with Crippen molar-refractivity contribution in [1.82, 2.24) is 0 Å². The van der Waals surface area contributed by atoms with Gasteiger partial charge in [-0.3, -0.25) is 4.79 Å². The molecule has 25 heavy (non-hydrogen) atoms. The first-order valence-corrected chi connectivity index (χ1v) is 8.55. The van der Waals surface area contributed by atoms with E-state index in [0.29, 0.717) is 16.5 Å². The fourth-order valence-electron chi connectivity index (χ4n) is 2.11. The second-order valence-electron chi connectivity index (χ2n) is 5.44. The minimum absolute atomic E-state index is 0.232. The van der Waals surface area contributed by atoms with Gasteiger partial charge in [0.15, 0.2) is 0 Å². The average Bonchev–Trinajstić information content (AvgIpc) is 2.61. The molecule has 0 fully saturated rings. The van der Waals surface area contributed by atoms with E-state index in [9.17, 15) is 4.79 Å². The SMILES string of the molecule is CCCCOc1ccc(/C=C/C(=O)Nc2ccc(OC)c(Cl)c2)cc1. The maximum atomic E-state index is 12.0. The Bertz CT molecular complexity index is 726. The zero-order valence-electron chi connectivity index (χ0n) is 14.4. The molecule has 0 spiro atoms. The Morgan fingerprint density at radius 3 is 2.60 bits per heavy atom. The summed E-state index contributed by atoms with van der Waals surface area (Å²) in [5.41, 5.74) is 1.53. The number of halogens is 1. The van der Waals surface area contributed by atoms with E-state index >= 15 is 0 Å². The van der Waals surface area contributed by atoms with Crippen molar-refractivity contribution >= 4 is 29.3 Å². The van der Waals surface area contributed by atoms with E-state index in [-0.39, 0.29) is 5.91 Å². The van der Waals surface area contributed by atoms with E-state index in [2.05, 4.69) is 12.2 Å². The smallest absolute Gasteiger partial charge is 0.248 e. The van der Waals surface area contributed by atoms with Crippen LogP contribution in [-0.4, -0.2) is 19.6 Å². The standard InChI is InChI=1S/C20H22ClNO3/c1-3-4-13-25-17-9-5-15(6-10-17)7-12-20(23)22-16-8-11-19(24-2)18(21)14-16/h5-12,14H,3-4,13H2,1-2H3,(H,22,23)/b12-7+. The topological polar surface area (TPSA) is 47.6 Å². The highest BCUT2D eigenvalue weighted by molar-refractivity contribution is 6.32. The van der Waals surface area contributed by atoms with Crippen LogP contribution < -0.4 is 14.8 Å². The molecule has 0 aliphatic rings. The molecule has 2 rings (SSSR count). The number of rotatable bonds is 8. The van der Waals surface area contributed by atoms with Gasteiger partial charge in [0.1, 0.15) is 11.5 Å². The van der Waals surface area contributed by atoms with Crippen LogP contribution in [0.15, 0.2) is 48.5 Å². The fourth-order valence-corrected chi connectivity index (χ4v) is 2.37. The molecule has 0 saturated heterocycles. The predicted molar refractivity (Wildman–Crippen MR) is 103 cm³/mol. The summed E-state index contributed by atoms with van der Waals surface area (Å²) in [7, 11) is 1.54. The van der Waals surface area contributed by atoms with Crippen LogP contribution in [-0.2, 0) is 4.79 Å². The van der Waals surface area contributed by atoms with E-state index in [1.54, 1.807) is 31.4 Å². The molecule has 0 aliphatic carbocycles. The number of hydrogen-bond acceptors (Lipinski definition) is 3. The van der Waals surface area contributed by atoms with Gasteiger partial charge in [-0.15, -0.1) is 0 Å². The van der Waals surface area contributed by atoms with Crippen LogP contribution in [0.25, 0.3) is 6.08 Å². The van der Waals surface area contributed by atoms with Crippen LogP contribution in [0.2, 0.25) is 5.02 Å². The van der Waals surface area contributed by atoms with Crippen molar-refractivity contribution in [1.29, 1.82) is 0 Å². The quantitative estimate of drug-likeness (QED) is 0.522. The van der Waals surface area contributed by atoms with Crippen molar-refractivity contribution in [2.24, 2.45) is 0 Å². The molecule has 0 aliphatic heterocycles. The normalized spacial score (nSPS) is 10.7. The number of ether oxygens (including phenoxy) is 2. The van der Waals surface area contributed by atoms with E-state index in [4.69, 9.17) is 21.1 Å². The number of anilines is 1.